The number of benzene rings is 1. The number of hydrogen-bond donors (Lipinski definition) is 1. The van der Waals surface area contributed by atoms with Crippen LogP contribution in [0.25, 0.3) is 0 Å². The monoisotopic (exact) mass is 442 g/mol. The fourth-order valence-electron chi connectivity index (χ4n) is 4.41. The first-order valence-electron chi connectivity index (χ1n) is 10.8. The molecule has 2 saturated heterocycles. The Morgan fingerprint density at radius 1 is 1.00 bits per heavy atom. The normalized spacial score (nSPS) is 19.5. The lowest BCUT2D eigenvalue weighted by Gasteiger charge is -2.38. The largest absolute Gasteiger partial charge is 0.367 e. The van der Waals surface area contributed by atoms with E-state index >= 15 is 0 Å². The summed E-state index contributed by atoms with van der Waals surface area (Å²) in [5.74, 6) is -0.927. The van der Waals surface area contributed by atoms with E-state index in [1.54, 1.807) is 4.57 Å². The maximum absolute atomic E-state index is 12.8. The van der Waals surface area contributed by atoms with Gasteiger partial charge in [-0.1, -0.05) is 30.7 Å². The first-order valence-corrected chi connectivity index (χ1v) is 11.2. The summed E-state index contributed by atoms with van der Waals surface area (Å²) in [4.78, 5) is 40.9. The number of pyridine rings is 1. The van der Waals surface area contributed by atoms with Crippen LogP contribution in [0.4, 0.5) is 11.4 Å². The fourth-order valence-corrected chi connectivity index (χ4v) is 4.79. The molecular weight excluding hydrogens is 416 g/mol. The van der Waals surface area contributed by atoms with E-state index in [1.165, 1.54) is 0 Å². The number of piperazine rings is 1. The summed E-state index contributed by atoms with van der Waals surface area (Å²) in [6.07, 6.45) is 3.55. The van der Waals surface area contributed by atoms with Crippen LogP contribution in [0.3, 0.4) is 0 Å². The quantitative estimate of drug-likeness (QED) is 0.721. The third-order valence-corrected chi connectivity index (χ3v) is 6.46. The highest BCUT2D eigenvalue weighted by molar-refractivity contribution is 6.34. The number of amides is 2. The van der Waals surface area contributed by atoms with Crippen molar-refractivity contribution >= 4 is 34.8 Å². The molecule has 8 heteroatoms. The Balaban J connectivity index is 1.50. The van der Waals surface area contributed by atoms with Gasteiger partial charge in [-0.25, -0.2) is 0 Å². The van der Waals surface area contributed by atoms with E-state index in [9.17, 15) is 14.4 Å². The van der Waals surface area contributed by atoms with Crippen molar-refractivity contribution in [3.63, 3.8) is 0 Å². The summed E-state index contributed by atoms with van der Waals surface area (Å²) < 4.78 is 1.77. The topological polar surface area (TPSA) is 74.7 Å². The summed E-state index contributed by atoms with van der Waals surface area (Å²) >= 11 is 6.74. The summed E-state index contributed by atoms with van der Waals surface area (Å²) in [5.41, 5.74) is 2.44. The van der Waals surface area contributed by atoms with E-state index < -0.39 is 5.92 Å². The van der Waals surface area contributed by atoms with Crippen LogP contribution in [0.5, 0.6) is 0 Å². The predicted octanol–water partition coefficient (Wildman–Crippen LogP) is 2.76. The van der Waals surface area contributed by atoms with E-state index in [1.807, 2.05) is 36.5 Å². The van der Waals surface area contributed by atoms with Gasteiger partial charge in [-0.15, -0.1) is 0 Å². The molecule has 31 heavy (non-hydrogen) atoms. The molecule has 0 spiro atoms. The van der Waals surface area contributed by atoms with Gasteiger partial charge in [0.25, 0.3) is 5.56 Å². The summed E-state index contributed by atoms with van der Waals surface area (Å²) in [6, 6.07) is 9.56. The average Bonchev–Trinajstić information content (AvgIpc) is 2.76. The van der Waals surface area contributed by atoms with E-state index in [0.29, 0.717) is 31.0 Å². The van der Waals surface area contributed by atoms with Gasteiger partial charge in [0, 0.05) is 45.3 Å². The number of rotatable bonds is 5. The average molecular weight is 443 g/mol. The van der Waals surface area contributed by atoms with Crippen LogP contribution in [-0.4, -0.2) is 42.6 Å². The van der Waals surface area contributed by atoms with Gasteiger partial charge in [-0.2, -0.15) is 0 Å². The molecule has 0 bridgehead atoms. The highest BCUT2D eigenvalue weighted by Gasteiger charge is 2.31. The molecule has 3 heterocycles. The molecule has 2 aromatic rings. The third kappa shape index (κ3) is 4.32. The Hall–Kier alpha value is -2.80. The minimum atomic E-state index is -0.409. The number of carbonyl (C=O) groups is 2. The van der Waals surface area contributed by atoms with Gasteiger partial charge in [0.05, 0.1) is 16.6 Å². The number of hydrogen-bond acceptors (Lipinski definition) is 5. The van der Waals surface area contributed by atoms with Crippen molar-refractivity contribution < 1.29 is 9.59 Å². The van der Waals surface area contributed by atoms with E-state index in [0.717, 1.165) is 43.0 Å². The second kappa shape index (κ2) is 9.14. The van der Waals surface area contributed by atoms with E-state index in [2.05, 4.69) is 22.0 Å². The highest BCUT2D eigenvalue weighted by Crippen LogP contribution is 2.37. The fraction of sp³-hybridized carbons (Fsp3) is 0.435. The van der Waals surface area contributed by atoms with Crippen LogP contribution in [0.2, 0.25) is 5.02 Å². The van der Waals surface area contributed by atoms with Crippen LogP contribution in [0, 0.1) is 0 Å². The van der Waals surface area contributed by atoms with Crippen LogP contribution >= 0.6 is 11.6 Å². The van der Waals surface area contributed by atoms with Gasteiger partial charge in [0.2, 0.25) is 11.8 Å². The smallest absolute Gasteiger partial charge is 0.274 e. The number of halogens is 1. The number of piperidine rings is 1. The molecule has 1 aromatic heterocycles. The predicted molar refractivity (Wildman–Crippen MR) is 122 cm³/mol. The molecule has 164 valence electrons. The molecule has 1 N–H and O–H groups in total. The molecular formula is C23H27ClN4O3. The summed E-state index contributed by atoms with van der Waals surface area (Å²) in [5, 5.41) is 2.97. The van der Waals surface area contributed by atoms with Crippen LogP contribution < -0.4 is 20.7 Å². The number of aromatic nitrogens is 1. The van der Waals surface area contributed by atoms with Crippen molar-refractivity contribution in [2.24, 2.45) is 0 Å². The molecule has 0 saturated carbocycles. The molecule has 1 atom stereocenters. The van der Waals surface area contributed by atoms with Gasteiger partial charge in [0.15, 0.2) is 0 Å². The lowest BCUT2D eigenvalue weighted by molar-refractivity contribution is -0.134. The van der Waals surface area contributed by atoms with Crippen molar-refractivity contribution in [1.82, 2.24) is 9.88 Å². The zero-order chi connectivity index (χ0) is 22.0. The maximum Gasteiger partial charge on any atom is 0.274 e. The number of carbonyl (C=O) groups excluding carboxylic acids is 2. The van der Waals surface area contributed by atoms with Crippen molar-refractivity contribution in [3.05, 3.63) is 57.5 Å². The standard InChI is InChI=1S/C23H27ClN4O3/c1-2-10-28-11-4-7-19(23(28)31)27-14-12-26(13-15-27)18-6-3-5-16(21(18)24)17-8-9-20(29)25-22(17)30/h3-7,11,17H,2,8-10,12-15H2,1H3,(H,25,29,30). The lowest BCUT2D eigenvalue weighted by atomic mass is 9.90. The minimum absolute atomic E-state index is 0.0516. The Morgan fingerprint density at radius 3 is 2.35 bits per heavy atom. The van der Waals surface area contributed by atoms with Crippen molar-refractivity contribution in [3.8, 4) is 0 Å². The van der Waals surface area contributed by atoms with Gasteiger partial charge in [0.1, 0.15) is 5.69 Å². The van der Waals surface area contributed by atoms with Crippen LogP contribution in [-0.2, 0) is 16.1 Å². The van der Waals surface area contributed by atoms with Crippen molar-refractivity contribution in [2.45, 2.75) is 38.6 Å². The molecule has 0 aliphatic carbocycles. The zero-order valence-corrected chi connectivity index (χ0v) is 18.4. The number of anilines is 2. The lowest BCUT2D eigenvalue weighted by Crippen LogP contribution is -2.48. The maximum atomic E-state index is 12.8. The van der Waals surface area contributed by atoms with E-state index in [-0.39, 0.29) is 17.4 Å². The second-order valence-electron chi connectivity index (χ2n) is 8.05. The number of imide groups is 1. The number of nitrogens with one attached hydrogen (secondary N) is 1. The number of aryl methyl sites for hydroxylation is 1. The zero-order valence-electron chi connectivity index (χ0n) is 17.6. The van der Waals surface area contributed by atoms with Crippen molar-refractivity contribution in [1.29, 1.82) is 0 Å². The SMILES string of the molecule is CCCn1cccc(N2CCN(c3cccc(C4CCC(=O)NC4=O)c3Cl)CC2)c1=O. The molecule has 2 fully saturated rings. The molecule has 2 aliphatic rings. The second-order valence-corrected chi connectivity index (χ2v) is 8.43. The van der Waals surface area contributed by atoms with Gasteiger partial charge in [-0.05, 0) is 36.6 Å². The number of nitrogens with zero attached hydrogens (tertiary/aromatic N) is 3. The molecule has 4 rings (SSSR count). The summed E-state index contributed by atoms with van der Waals surface area (Å²) in [6.45, 7) is 5.65. The van der Waals surface area contributed by atoms with Crippen LogP contribution in [0.15, 0.2) is 41.3 Å². The van der Waals surface area contributed by atoms with Crippen LogP contribution in [0.1, 0.15) is 37.7 Å². The Bertz CT molecular complexity index is 1040. The Kier molecular flexibility index (Phi) is 6.32. The van der Waals surface area contributed by atoms with Gasteiger partial charge in [-0.3, -0.25) is 19.7 Å². The third-order valence-electron chi connectivity index (χ3n) is 6.05. The Labute approximate surface area is 186 Å². The highest BCUT2D eigenvalue weighted by atomic mass is 35.5. The van der Waals surface area contributed by atoms with Crippen molar-refractivity contribution in [2.75, 3.05) is 36.0 Å². The molecule has 0 radical (unpaired) electrons. The molecule has 1 aromatic carbocycles. The van der Waals surface area contributed by atoms with Gasteiger partial charge >= 0.3 is 0 Å². The van der Waals surface area contributed by atoms with E-state index in [4.69, 9.17) is 11.6 Å². The molecule has 1 unspecified atom stereocenters. The molecule has 2 amide bonds. The molecule has 2 aliphatic heterocycles. The first-order chi connectivity index (χ1) is 15.0. The molecule has 7 nitrogen and oxygen atoms in total. The summed E-state index contributed by atoms with van der Waals surface area (Å²) in [7, 11) is 0. The Morgan fingerprint density at radius 2 is 1.68 bits per heavy atom. The minimum Gasteiger partial charge on any atom is -0.367 e. The van der Waals surface area contributed by atoms with Gasteiger partial charge < -0.3 is 14.4 Å². The first kappa shape index (κ1) is 21.4.